The van der Waals surface area contributed by atoms with Crippen molar-refractivity contribution in [1.82, 2.24) is 5.32 Å². The molecular weight excluding hydrogens is 244 g/mol. The van der Waals surface area contributed by atoms with Crippen LogP contribution in [0.1, 0.15) is 28.8 Å². The highest BCUT2D eigenvalue weighted by Crippen LogP contribution is 2.18. The molecule has 1 heterocycles. The van der Waals surface area contributed by atoms with E-state index in [-0.39, 0.29) is 17.4 Å². The molecule has 1 aromatic carbocycles. The van der Waals surface area contributed by atoms with Crippen LogP contribution in [0.25, 0.3) is 0 Å². The Labute approximate surface area is 112 Å². The summed E-state index contributed by atoms with van der Waals surface area (Å²) in [5.74, 6) is -0.963. The van der Waals surface area contributed by atoms with Gasteiger partial charge in [-0.25, -0.2) is 4.79 Å². The maximum absolute atomic E-state index is 12.0. The van der Waals surface area contributed by atoms with Gasteiger partial charge < -0.3 is 15.7 Å². The summed E-state index contributed by atoms with van der Waals surface area (Å²) in [5, 5.41) is 15.0. The molecule has 1 atom stereocenters. The van der Waals surface area contributed by atoms with Crippen LogP contribution in [0.5, 0.6) is 0 Å². The molecule has 0 bridgehead atoms. The third-order valence-electron chi connectivity index (χ3n) is 3.39. The average Bonchev–Trinajstić information content (AvgIpc) is 2.39. The van der Waals surface area contributed by atoms with Gasteiger partial charge in [-0.1, -0.05) is 0 Å². The second kappa shape index (κ2) is 5.84. The Bertz CT molecular complexity index is 493. The number of carbonyl (C=O) groups excluding carboxylic acids is 1. The number of nitrogens with one attached hydrogen (secondary N) is 2. The Hall–Kier alpha value is -1.88. The number of hydrogen-bond acceptors (Lipinski definition) is 3. The second-order valence-electron chi connectivity index (χ2n) is 4.87. The molecule has 5 nitrogen and oxygen atoms in total. The van der Waals surface area contributed by atoms with Crippen LogP contribution in [0.15, 0.2) is 18.2 Å². The third kappa shape index (κ3) is 3.32. The predicted molar refractivity (Wildman–Crippen MR) is 72.4 cm³/mol. The quantitative estimate of drug-likeness (QED) is 0.773. The summed E-state index contributed by atoms with van der Waals surface area (Å²) in [4.78, 5) is 22.9. The van der Waals surface area contributed by atoms with Gasteiger partial charge in [0, 0.05) is 12.2 Å². The van der Waals surface area contributed by atoms with Crippen LogP contribution >= 0.6 is 0 Å². The lowest BCUT2D eigenvalue weighted by atomic mass is 9.98. The number of rotatable bonds is 3. The molecule has 1 aromatic rings. The molecule has 3 N–H and O–H groups in total. The van der Waals surface area contributed by atoms with Gasteiger partial charge >= 0.3 is 5.97 Å². The van der Waals surface area contributed by atoms with Gasteiger partial charge in [-0.05, 0) is 50.1 Å². The number of carboxylic acids is 1. The maximum Gasteiger partial charge on any atom is 0.335 e. The molecule has 0 saturated carbocycles. The van der Waals surface area contributed by atoms with E-state index in [1.54, 1.807) is 19.1 Å². The zero-order valence-electron chi connectivity index (χ0n) is 10.9. The van der Waals surface area contributed by atoms with Gasteiger partial charge in [0.15, 0.2) is 0 Å². The summed E-state index contributed by atoms with van der Waals surface area (Å²) in [6, 6.07) is 4.84. The van der Waals surface area contributed by atoms with Crippen molar-refractivity contribution in [3.05, 3.63) is 29.3 Å². The van der Waals surface area contributed by atoms with Crippen LogP contribution in [0.2, 0.25) is 0 Å². The number of benzene rings is 1. The number of carbonyl (C=O) groups is 2. The highest BCUT2D eigenvalue weighted by molar-refractivity contribution is 5.94. The van der Waals surface area contributed by atoms with E-state index in [1.807, 2.05) is 0 Å². The zero-order chi connectivity index (χ0) is 13.8. The van der Waals surface area contributed by atoms with Crippen molar-refractivity contribution >= 4 is 17.6 Å². The minimum atomic E-state index is -0.952. The number of aromatic carboxylic acids is 1. The number of piperidine rings is 1. The van der Waals surface area contributed by atoms with Crippen molar-refractivity contribution < 1.29 is 14.7 Å². The fourth-order valence-corrected chi connectivity index (χ4v) is 2.30. The Morgan fingerprint density at radius 2 is 2.21 bits per heavy atom. The number of anilines is 1. The molecule has 1 amide bonds. The number of aryl methyl sites for hydroxylation is 1. The first-order valence-corrected chi connectivity index (χ1v) is 6.43. The number of hydrogen-bond donors (Lipinski definition) is 3. The molecule has 1 aliphatic rings. The van der Waals surface area contributed by atoms with Crippen LogP contribution in [-0.2, 0) is 4.79 Å². The van der Waals surface area contributed by atoms with E-state index >= 15 is 0 Å². The molecule has 19 heavy (non-hydrogen) atoms. The highest BCUT2D eigenvalue weighted by atomic mass is 16.4. The van der Waals surface area contributed by atoms with Crippen LogP contribution in [0.3, 0.4) is 0 Å². The maximum atomic E-state index is 12.0. The van der Waals surface area contributed by atoms with Crippen molar-refractivity contribution in [3.63, 3.8) is 0 Å². The molecule has 1 aliphatic heterocycles. The van der Waals surface area contributed by atoms with Crippen molar-refractivity contribution in [2.24, 2.45) is 5.92 Å². The van der Waals surface area contributed by atoms with Crippen LogP contribution < -0.4 is 10.6 Å². The van der Waals surface area contributed by atoms with Gasteiger partial charge in [-0.3, -0.25) is 4.79 Å². The zero-order valence-corrected chi connectivity index (χ0v) is 10.9. The number of carboxylic acid groups (broad SMARTS) is 1. The Balaban J connectivity index is 2.04. The van der Waals surface area contributed by atoms with E-state index in [2.05, 4.69) is 10.6 Å². The summed E-state index contributed by atoms with van der Waals surface area (Å²) in [6.07, 6.45) is 1.90. The van der Waals surface area contributed by atoms with E-state index in [9.17, 15) is 9.59 Å². The van der Waals surface area contributed by atoms with E-state index in [0.717, 1.165) is 19.4 Å². The summed E-state index contributed by atoms with van der Waals surface area (Å²) >= 11 is 0. The molecule has 0 radical (unpaired) electrons. The van der Waals surface area contributed by atoms with Crippen LogP contribution in [0.4, 0.5) is 5.69 Å². The monoisotopic (exact) mass is 262 g/mol. The van der Waals surface area contributed by atoms with E-state index in [1.165, 1.54) is 6.07 Å². The molecule has 2 rings (SSSR count). The topological polar surface area (TPSA) is 78.4 Å². The fourth-order valence-electron chi connectivity index (χ4n) is 2.30. The van der Waals surface area contributed by atoms with Gasteiger partial charge in [0.1, 0.15) is 0 Å². The number of amides is 1. The Morgan fingerprint density at radius 1 is 1.42 bits per heavy atom. The summed E-state index contributed by atoms with van der Waals surface area (Å²) in [5.41, 5.74) is 1.56. The molecule has 0 spiro atoms. The fraction of sp³-hybridized carbons (Fsp3) is 0.429. The van der Waals surface area contributed by atoms with Crippen LogP contribution in [0, 0.1) is 12.8 Å². The van der Waals surface area contributed by atoms with Crippen molar-refractivity contribution in [1.29, 1.82) is 0 Å². The third-order valence-corrected chi connectivity index (χ3v) is 3.39. The van der Waals surface area contributed by atoms with E-state index in [4.69, 9.17) is 5.11 Å². The molecule has 1 saturated heterocycles. The standard InChI is InChI=1S/C14H18N2O3/c1-9-7-11(4-5-12(9)14(18)19)16-13(17)10-3-2-6-15-8-10/h4-5,7,10,15H,2-3,6,8H2,1H3,(H,16,17)(H,18,19)/t10-/m1/s1. The second-order valence-corrected chi connectivity index (χ2v) is 4.87. The van der Waals surface area contributed by atoms with Crippen molar-refractivity contribution in [3.8, 4) is 0 Å². The van der Waals surface area contributed by atoms with Crippen molar-refractivity contribution in [2.45, 2.75) is 19.8 Å². The van der Waals surface area contributed by atoms with E-state index < -0.39 is 5.97 Å². The Morgan fingerprint density at radius 3 is 2.79 bits per heavy atom. The molecular formula is C14H18N2O3. The van der Waals surface area contributed by atoms with Crippen molar-refractivity contribution in [2.75, 3.05) is 18.4 Å². The lowest BCUT2D eigenvalue weighted by molar-refractivity contribution is -0.120. The predicted octanol–water partition coefficient (Wildman–Crippen LogP) is 1.63. The smallest absolute Gasteiger partial charge is 0.335 e. The van der Waals surface area contributed by atoms with Gasteiger partial charge in [-0.15, -0.1) is 0 Å². The minimum Gasteiger partial charge on any atom is -0.478 e. The molecule has 0 aliphatic carbocycles. The summed E-state index contributed by atoms with van der Waals surface area (Å²) < 4.78 is 0. The first-order chi connectivity index (χ1) is 9.08. The van der Waals surface area contributed by atoms with Gasteiger partial charge in [-0.2, -0.15) is 0 Å². The molecule has 0 aromatic heterocycles. The van der Waals surface area contributed by atoms with Gasteiger partial charge in [0.25, 0.3) is 0 Å². The Kier molecular flexibility index (Phi) is 4.16. The van der Waals surface area contributed by atoms with E-state index in [0.29, 0.717) is 17.8 Å². The summed E-state index contributed by atoms with van der Waals surface area (Å²) in [6.45, 7) is 3.40. The highest BCUT2D eigenvalue weighted by Gasteiger charge is 2.21. The molecule has 0 unspecified atom stereocenters. The largest absolute Gasteiger partial charge is 0.478 e. The minimum absolute atomic E-state index is 0.00493. The van der Waals surface area contributed by atoms with Gasteiger partial charge in [0.05, 0.1) is 11.5 Å². The lowest BCUT2D eigenvalue weighted by Gasteiger charge is -2.22. The summed E-state index contributed by atoms with van der Waals surface area (Å²) in [7, 11) is 0. The normalized spacial score (nSPS) is 18.9. The molecule has 1 fully saturated rings. The van der Waals surface area contributed by atoms with Crippen LogP contribution in [-0.4, -0.2) is 30.1 Å². The average molecular weight is 262 g/mol. The molecule has 5 heteroatoms. The first-order valence-electron chi connectivity index (χ1n) is 6.43. The lowest BCUT2D eigenvalue weighted by Crippen LogP contribution is -2.37. The SMILES string of the molecule is Cc1cc(NC(=O)[C@@H]2CCCNC2)ccc1C(=O)O. The molecule has 102 valence electrons. The first kappa shape index (κ1) is 13.5. The van der Waals surface area contributed by atoms with Gasteiger partial charge in [0.2, 0.25) is 5.91 Å².